The van der Waals surface area contributed by atoms with Gasteiger partial charge in [0.25, 0.3) is 0 Å². The Hall–Kier alpha value is 0.530. The summed E-state index contributed by atoms with van der Waals surface area (Å²) >= 11 is 0. The zero-order valence-corrected chi connectivity index (χ0v) is 7.17. The molecule has 0 heterocycles. The fraction of sp³-hybridized carbons (Fsp3) is 0.600. The summed E-state index contributed by atoms with van der Waals surface area (Å²) in [6.07, 6.45) is 0.0833. The van der Waals surface area contributed by atoms with Gasteiger partial charge in [-0.25, -0.2) is 0 Å². The maximum atomic E-state index is 10.0. The van der Waals surface area contributed by atoms with E-state index in [1.807, 2.05) is 0 Å². The van der Waals surface area contributed by atoms with Crippen molar-refractivity contribution in [3.05, 3.63) is 0 Å². The van der Waals surface area contributed by atoms with E-state index in [1.54, 1.807) is 0 Å². The van der Waals surface area contributed by atoms with Gasteiger partial charge >= 0.3 is 0 Å². The third kappa shape index (κ3) is 17.7. The maximum absolute atomic E-state index is 10.0. The van der Waals surface area contributed by atoms with E-state index in [0.717, 1.165) is 0 Å². The number of hydrogen-bond donors (Lipinski definition) is 0. The standard InChI is InChI=1S/C5H8O2.FH.Ho/c1-4(6)3-5(2)7;;/h3H2,1-2H3;1H;. The maximum Gasteiger partial charge on any atom is 0.137 e. The van der Waals surface area contributed by atoms with E-state index in [1.165, 1.54) is 13.8 Å². The molecule has 0 bridgehead atoms. The third-order valence-electron chi connectivity index (χ3n) is 0.498. The molecule has 0 aliphatic rings. The second kappa shape index (κ2) is 8.53. The van der Waals surface area contributed by atoms with Crippen LogP contribution in [0.3, 0.4) is 0 Å². The van der Waals surface area contributed by atoms with Crippen LogP contribution in [-0.4, -0.2) is 11.6 Å². The molecule has 0 aromatic rings. The predicted molar refractivity (Wildman–Crippen MR) is 28.5 cm³/mol. The molecule has 0 rings (SSSR count). The summed E-state index contributed by atoms with van der Waals surface area (Å²) in [5.41, 5.74) is 0. The van der Waals surface area contributed by atoms with Crippen LogP contribution in [0.15, 0.2) is 0 Å². The fourth-order valence-electron chi connectivity index (χ4n) is 0.351. The summed E-state index contributed by atoms with van der Waals surface area (Å²) in [5.74, 6) is -0.125. The van der Waals surface area contributed by atoms with Crippen molar-refractivity contribution in [2.45, 2.75) is 20.3 Å². The normalized spacial score (nSPS) is 6.44. The molecule has 0 N–H and O–H groups in total. The van der Waals surface area contributed by atoms with E-state index < -0.39 is 0 Å². The van der Waals surface area contributed by atoms with E-state index in [2.05, 4.69) is 0 Å². The average molecular weight is 285 g/mol. The van der Waals surface area contributed by atoms with E-state index >= 15 is 0 Å². The molecule has 0 aromatic carbocycles. The number of carbonyl (C=O) groups is 2. The molecule has 0 fully saturated rings. The van der Waals surface area contributed by atoms with Crippen LogP contribution in [0.4, 0.5) is 4.70 Å². The second-order valence-electron chi connectivity index (χ2n) is 1.58. The number of ketones is 2. The van der Waals surface area contributed by atoms with Crippen molar-refractivity contribution in [2.75, 3.05) is 0 Å². The predicted octanol–water partition coefficient (Wildman–Crippen LogP) is 0.707. The molecular formula is C5H9FHoO2. The van der Waals surface area contributed by atoms with Crippen molar-refractivity contribution >= 4 is 11.6 Å². The van der Waals surface area contributed by atoms with Crippen LogP contribution in [0.5, 0.6) is 0 Å². The molecule has 0 aliphatic carbocycles. The number of halogens is 1. The van der Waals surface area contributed by atoms with Crippen molar-refractivity contribution in [1.29, 1.82) is 0 Å². The monoisotopic (exact) mass is 285 g/mol. The molecule has 2 nitrogen and oxygen atoms in total. The number of Topliss-reactive ketones (excluding diaryl/α,β-unsaturated/α-hetero) is 2. The van der Waals surface area contributed by atoms with Gasteiger partial charge in [-0.15, -0.1) is 0 Å². The Morgan fingerprint density at radius 2 is 1.33 bits per heavy atom. The van der Waals surface area contributed by atoms with E-state index in [9.17, 15) is 9.59 Å². The van der Waals surface area contributed by atoms with Crippen LogP contribution in [0.25, 0.3) is 0 Å². The van der Waals surface area contributed by atoms with E-state index in [-0.39, 0.29) is 60.4 Å². The van der Waals surface area contributed by atoms with Crippen LogP contribution in [0, 0.1) is 37.7 Å². The third-order valence-corrected chi connectivity index (χ3v) is 0.498. The first-order chi connectivity index (χ1) is 3.13. The molecule has 0 saturated carbocycles. The zero-order valence-electron chi connectivity index (χ0n) is 5.23. The van der Waals surface area contributed by atoms with Gasteiger partial charge in [-0.1, -0.05) is 0 Å². The van der Waals surface area contributed by atoms with E-state index in [0.29, 0.717) is 0 Å². The Kier molecular flexibility index (Phi) is 15.4. The Bertz CT molecular complexity index is 91.1. The number of carbonyl (C=O) groups excluding carboxylic acids is 2. The SMILES string of the molecule is CC(=O)CC(C)=O.F.[Ho]. The van der Waals surface area contributed by atoms with Gasteiger partial charge in [-0.3, -0.25) is 14.3 Å². The second-order valence-corrected chi connectivity index (χ2v) is 1.58. The Balaban J connectivity index is -0.000000180. The molecule has 0 amide bonds. The van der Waals surface area contributed by atoms with Gasteiger partial charge in [0.1, 0.15) is 11.6 Å². The van der Waals surface area contributed by atoms with Crippen LogP contribution >= 0.6 is 0 Å². The summed E-state index contributed by atoms with van der Waals surface area (Å²) < 4.78 is 0. The van der Waals surface area contributed by atoms with Gasteiger partial charge in [0.2, 0.25) is 0 Å². The molecule has 0 aliphatic heterocycles. The summed E-state index contributed by atoms with van der Waals surface area (Å²) in [5, 5.41) is 0. The van der Waals surface area contributed by atoms with Gasteiger partial charge in [0.15, 0.2) is 0 Å². The Morgan fingerprint density at radius 1 is 1.11 bits per heavy atom. The van der Waals surface area contributed by atoms with Crippen molar-refractivity contribution in [1.82, 2.24) is 0 Å². The van der Waals surface area contributed by atoms with Gasteiger partial charge in [0, 0.05) is 37.7 Å². The molecule has 4 heteroatoms. The van der Waals surface area contributed by atoms with Crippen LogP contribution < -0.4 is 0 Å². The molecule has 0 unspecified atom stereocenters. The molecule has 9 heavy (non-hydrogen) atoms. The molecule has 59 valence electrons. The molecule has 0 spiro atoms. The topological polar surface area (TPSA) is 34.1 Å². The van der Waals surface area contributed by atoms with E-state index in [4.69, 9.17) is 0 Å². The smallest absolute Gasteiger partial charge is 0.137 e. The van der Waals surface area contributed by atoms with Crippen molar-refractivity contribution in [2.24, 2.45) is 0 Å². The van der Waals surface area contributed by atoms with Gasteiger partial charge in [0.05, 0.1) is 6.42 Å². The molecule has 0 aromatic heterocycles. The minimum Gasteiger partial charge on any atom is -0.300 e. The van der Waals surface area contributed by atoms with Crippen molar-refractivity contribution in [3.8, 4) is 0 Å². The van der Waals surface area contributed by atoms with Crippen LogP contribution in [-0.2, 0) is 9.59 Å². The first-order valence-corrected chi connectivity index (χ1v) is 2.12. The largest absolute Gasteiger partial charge is 0.300 e. The molecule has 0 atom stereocenters. The summed E-state index contributed by atoms with van der Waals surface area (Å²) in [6, 6.07) is 0. The van der Waals surface area contributed by atoms with Crippen LogP contribution in [0.2, 0.25) is 0 Å². The Morgan fingerprint density at radius 3 is 1.33 bits per heavy atom. The number of hydrogen-bond acceptors (Lipinski definition) is 2. The fourth-order valence-corrected chi connectivity index (χ4v) is 0.351. The van der Waals surface area contributed by atoms with Gasteiger partial charge in [-0.05, 0) is 13.8 Å². The Labute approximate surface area is 83.4 Å². The molecule has 0 saturated heterocycles. The first-order valence-electron chi connectivity index (χ1n) is 2.12. The summed E-state index contributed by atoms with van der Waals surface area (Å²) in [6.45, 7) is 2.81. The van der Waals surface area contributed by atoms with Crippen molar-refractivity contribution in [3.63, 3.8) is 0 Å². The van der Waals surface area contributed by atoms with Gasteiger partial charge < -0.3 is 0 Å². The molecular weight excluding hydrogens is 276 g/mol. The summed E-state index contributed by atoms with van der Waals surface area (Å²) in [7, 11) is 0. The van der Waals surface area contributed by atoms with Gasteiger partial charge in [-0.2, -0.15) is 0 Å². The quantitative estimate of drug-likeness (QED) is 0.553. The minimum atomic E-state index is -0.0625. The van der Waals surface area contributed by atoms with Crippen LogP contribution in [0.1, 0.15) is 20.3 Å². The molecule has 1 radical (unpaired) electrons. The minimum absolute atomic E-state index is 0. The number of rotatable bonds is 2. The summed E-state index contributed by atoms with van der Waals surface area (Å²) in [4.78, 5) is 20.1. The average Bonchev–Trinajstić information content (AvgIpc) is 1.27. The zero-order chi connectivity index (χ0) is 5.86. The first kappa shape index (κ1) is 16.3. The van der Waals surface area contributed by atoms with Crippen molar-refractivity contribution < 1.29 is 52.0 Å².